The van der Waals surface area contributed by atoms with Gasteiger partial charge < -0.3 is 14.6 Å². The van der Waals surface area contributed by atoms with E-state index in [0.717, 1.165) is 10.8 Å². The molecule has 2 aromatic rings. The number of nitrogens with one attached hydrogen (secondary N) is 1. The number of hydrogen-bond acceptors (Lipinski definition) is 8. The third-order valence-corrected chi connectivity index (χ3v) is 3.10. The van der Waals surface area contributed by atoms with Gasteiger partial charge >= 0.3 is 5.97 Å². The highest BCUT2D eigenvalue weighted by atomic mass is 32.1. The Labute approximate surface area is 114 Å². The molecule has 1 N–H and O–H groups in total. The smallest absolute Gasteiger partial charge is 0.306 e. The van der Waals surface area contributed by atoms with Crippen LogP contribution in [0, 0.1) is 0 Å². The van der Waals surface area contributed by atoms with Crippen LogP contribution in [0.25, 0.3) is 0 Å². The first-order valence-corrected chi connectivity index (χ1v) is 6.75. The summed E-state index contributed by atoms with van der Waals surface area (Å²) in [5.41, 5.74) is 0.869. The molecule has 0 radical (unpaired) electrons. The van der Waals surface area contributed by atoms with E-state index in [1.807, 2.05) is 5.38 Å². The number of nitrogens with zero attached hydrogens (tertiary/aromatic N) is 3. The van der Waals surface area contributed by atoms with Crippen LogP contribution in [0.5, 0.6) is 0 Å². The molecule has 2 rings (SSSR count). The van der Waals surface area contributed by atoms with E-state index < -0.39 is 0 Å². The van der Waals surface area contributed by atoms with Crippen molar-refractivity contribution in [2.75, 3.05) is 11.9 Å². The summed E-state index contributed by atoms with van der Waals surface area (Å²) in [4.78, 5) is 19.5. The van der Waals surface area contributed by atoms with Gasteiger partial charge in [0.2, 0.25) is 6.39 Å². The maximum Gasteiger partial charge on any atom is 0.306 e. The summed E-state index contributed by atoms with van der Waals surface area (Å²) in [7, 11) is 0. The van der Waals surface area contributed by atoms with E-state index in [2.05, 4.69) is 25.0 Å². The van der Waals surface area contributed by atoms with Crippen LogP contribution >= 0.6 is 11.3 Å². The quantitative estimate of drug-likeness (QED) is 0.772. The Hall–Kier alpha value is -1.96. The van der Waals surface area contributed by atoms with Gasteiger partial charge in [0.05, 0.1) is 25.3 Å². The molecule has 0 aromatic carbocycles. The van der Waals surface area contributed by atoms with E-state index in [4.69, 9.17) is 4.74 Å². The SMILES string of the molecule is CCOC(=O)CCc1csc(NCc2ncon2)n1. The van der Waals surface area contributed by atoms with Gasteiger partial charge in [-0.1, -0.05) is 5.16 Å². The number of ether oxygens (including phenoxy) is 1. The van der Waals surface area contributed by atoms with Gasteiger partial charge in [-0.05, 0) is 6.92 Å². The van der Waals surface area contributed by atoms with Gasteiger partial charge in [0.15, 0.2) is 11.0 Å². The first kappa shape index (κ1) is 13.5. The van der Waals surface area contributed by atoms with Crippen LogP contribution < -0.4 is 5.32 Å². The molecule has 0 saturated carbocycles. The third-order valence-electron chi connectivity index (χ3n) is 2.25. The van der Waals surface area contributed by atoms with E-state index in [9.17, 15) is 4.79 Å². The average molecular weight is 282 g/mol. The fourth-order valence-corrected chi connectivity index (χ4v) is 2.13. The van der Waals surface area contributed by atoms with Crippen LogP contribution in [0.1, 0.15) is 24.9 Å². The molecule has 8 heteroatoms. The predicted molar refractivity (Wildman–Crippen MR) is 68.7 cm³/mol. The second kappa shape index (κ2) is 6.83. The summed E-state index contributed by atoms with van der Waals surface area (Å²) < 4.78 is 9.49. The summed E-state index contributed by atoms with van der Waals surface area (Å²) in [6, 6.07) is 0. The molecule has 0 aliphatic carbocycles. The standard InChI is InChI=1S/C11H14N4O3S/c1-2-17-10(16)4-3-8-6-19-11(14-8)12-5-9-13-7-18-15-9/h6-7H,2-5H2,1H3,(H,12,14). The van der Waals surface area contributed by atoms with E-state index >= 15 is 0 Å². The summed E-state index contributed by atoms with van der Waals surface area (Å²) in [5, 5.41) is 9.45. The number of rotatable bonds is 7. The number of esters is 1. The Balaban J connectivity index is 1.77. The molecule has 0 unspecified atom stereocenters. The number of aryl methyl sites for hydroxylation is 1. The highest BCUT2D eigenvalue weighted by Crippen LogP contribution is 2.17. The normalized spacial score (nSPS) is 10.4. The monoisotopic (exact) mass is 282 g/mol. The summed E-state index contributed by atoms with van der Waals surface area (Å²) in [6.07, 6.45) is 2.21. The molecular formula is C11H14N4O3S. The van der Waals surface area contributed by atoms with Crippen LogP contribution in [0.15, 0.2) is 16.3 Å². The lowest BCUT2D eigenvalue weighted by atomic mass is 10.2. The molecule has 0 saturated heterocycles. The van der Waals surface area contributed by atoms with Crippen molar-refractivity contribution in [1.82, 2.24) is 15.1 Å². The van der Waals surface area contributed by atoms with Gasteiger partial charge in [-0.15, -0.1) is 11.3 Å². The molecule has 0 aliphatic rings. The first-order valence-electron chi connectivity index (χ1n) is 5.87. The first-order chi connectivity index (χ1) is 9.28. The summed E-state index contributed by atoms with van der Waals surface area (Å²) in [5.74, 6) is 0.375. The van der Waals surface area contributed by atoms with Crippen molar-refractivity contribution >= 4 is 22.4 Å². The fraction of sp³-hybridized carbons (Fsp3) is 0.455. The van der Waals surface area contributed by atoms with Crippen molar-refractivity contribution < 1.29 is 14.1 Å². The second-order valence-electron chi connectivity index (χ2n) is 3.65. The molecule has 0 spiro atoms. The molecular weight excluding hydrogens is 268 g/mol. The van der Waals surface area contributed by atoms with Crippen molar-refractivity contribution in [1.29, 1.82) is 0 Å². The minimum absolute atomic E-state index is 0.197. The number of aromatic nitrogens is 3. The minimum atomic E-state index is -0.197. The summed E-state index contributed by atoms with van der Waals surface area (Å²) >= 11 is 1.48. The molecule has 7 nitrogen and oxygen atoms in total. The van der Waals surface area contributed by atoms with Gasteiger partial charge in [-0.3, -0.25) is 4.79 Å². The van der Waals surface area contributed by atoms with Gasteiger partial charge in [0.25, 0.3) is 0 Å². The second-order valence-corrected chi connectivity index (χ2v) is 4.51. The van der Waals surface area contributed by atoms with Crippen LogP contribution in [0.3, 0.4) is 0 Å². The van der Waals surface area contributed by atoms with E-state index in [-0.39, 0.29) is 5.97 Å². The number of anilines is 1. The Kier molecular flexibility index (Phi) is 4.85. The van der Waals surface area contributed by atoms with Crippen LogP contribution in [0.2, 0.25) is 0 Å². The fourth-order valence-electron chi connectivity index (χ4n) is 1.39. The van der Waals surface area contributed by atoms with Crippen molar-refractivity contribution in [2.45, 2.75) is 26.3 Å². The zero-order valence-electron chi connectivity index (χ0n) is 10.5. The Bertz CT molecular complexity index is 512. The van der Waals surface area contributed by atoms with E-state index in [1.165, 1.54) is 17.7 Å². The van der Waals surface area contributed by atoms with Crippen molar-refractivity contribution in [2.24, 2.45) is 0 Å². The van der Waals surface area contributed by atoms with Crippen molar-refractivity contribution in [3.63, 3.8) is 0 Å². The molecule has 102 valence electrons. The lowest BCUT2D eigenvalue weighted by Gasteiger charge is -1.99. The maximum atomic E-state index is 11.2. The van der Waals surface area contributed by atoms with Gasteiger partial charge in [0.1, 0.15) is 0 Å². The molecule has 0 fully saturated rings. The number of hydrogen-bond donors (Lipinski definition) is 1. The Morgan fingerprint density at radius 1 is 1.58 bits per heavy atom. The summed E-state index contributed by atoms with van der Waals surface area (Å²) in [6.45, 7) is 2.66. The van der Waals surface area contributed by atoms with Crippen molar-refractivity contribution in [3.05, 3.63) is 23.3 Å². The number of carbonyl (C=O) groups excluding carboxylic acids is 1. The van der Waals surface area contributed by atoms with E-state index in [0.29, 0.717) is 31.8 Å². The lowest BCUT2D eigenvalue weighted by molar-refractivity contribution is -0.143. The Morgan fingerprint density at radius 3 is 3.21 bits per heavy atom. The molecule has 0 bridgehead atoms. The molecule has 19 heavy (non-hydrogen) atoms. The van der Waals surface area contributed by atoms with Gasteiger partial charge in [-0.2, -0.15) is 4.98 Å². The highest BCUT2D eigenvalue weighted by Gasteiger charge is 2.07. The zero-order chi connectivity index (χ0) is 13.5. The molecule has 0 atom stereocenters. The zero-order valence-corrected chi connectivity index (χ0v) is 11.3. The lowest BCUT2D eigenvalue weighted by Crippen LogP contribution is -2.05. The number of carbonyl (C=O) groups is 1. The van der Waals surface area contributed by atoms with Crippen molar-refractivity contribution in [3.8, 4) is 0 Å². The third kappa shape index (κ3) is 4.32. The topological polar surface area (TPSA) is 90.1 Å². The Morgan fingerprint density at radius 2 is 2.47 bits per heavy atom. The maximum absolute atomic E-state index is 11.2. The van der Waals surface area contributed by atoms with Crippen LogP contribution in [0.4, 0.5) is 5.13 Å². The average Bonchev–Trinajstić information content (AvgIpc) is 3.06. The van der Waals surface area contributed by atoms with Crippen LogP contribution in [-0.4, -0.2) is 27.7 Å². The van der Waals surface area contributed by atoms with E-state index in [1.54, 1.807) is 6.92 Å². The largest absolute Gasteiger partial charge is 0.466 e. The minimum Gasteiger partial charge on any atom is -0.466 e. The molecule has 2 aromatic heterocycles. The van der Waals surface area contributed by atoms with Gasteiger partial charge in [0, 0.05) is 11.8 Å². The number of thiazole rings is 1. The predicted octanol–water partition coefficient (Wildman–Crippen LogP) is 1.63. The van der Waals surface area contributed by atoms with Gasteiger partial charge in [-0.25, -0.2) is 4.98 Å². The molecule has 2 heterocycles. The molecule has 0 amide bonds. The van der Waals surface area contributed by atoms with Crippen LogP contribution in [-0.2, 0) is 22.5 Å². The highest BCUT2D eigenvalue weighted by molar-refractivity contribution is 7.13. The molecule has 0 aliphatic heterocycles.